The summed E-state index contributed by atoms with van der Waals surface area (Å²) in [5.74, 6) is -2.78. The molecule has 25 heavy (non-hydrogen) atoms. The van der Waals surface area contributed by atoms with Crippen molar-refractivity contribution in [3.63, 3.8) is 0 Å². The molecule has 2 aromatic carbocycles. The number of rotatable bonds is 6. The molecule has 0 heterocycles. The zero-order valence-corrected chi connectivity index (χ0v) is 14.3. The van der Waals surface area contributed by atoms with Crippen molar-refractivity contribution in [2.24, 2.45) is 0 Å². The third kappa shape index (κ3) is 5.23. The second kappa shape index (κ2) is 7.58. The third-order valence-corrected chi connectivity index (χ3v) is 4.34. The van der Waals surface area contributed by atoms with Gasteiger partial charge in [0.2, 0.25) is 0 Å². The molecular weight excluding hydrogens is 354 g/mol. The molecule has 2 aromatic rings. The average molecular weight is 370 g/mol. The van der Waals surface area contributed by atoms with Crippen molar-refractivity contribution in [3.8, 4) is 5.75 Å². The van der Waals surface area contributed by atoms with Gasteiger partial charge in [-0.1, -0.05) is 6.07 Å². The van der Waals surface area contributed by atoms with Gasteiger partial charge in [-0.05, 0) is 55.3 Å². The molecule has 0 fully saturated rings. The summed E-state index contributed by atoms with van der Waals surface area (Å²) in [5.41, 5.74) is 3.84. The van der Waals surface area contributed by atoms with Gasteiger partial charge in [-0.2, -0.15) is 0 Å². The molecule has 0 aliphatic rings. The fourth-order valence-electron chi connectivity index (χ4n) is 2.03. The number of benzene rings is 2. The molecule has 2 rings (SSSR count). The van der Waals surface area contributed by atoms with Crippen LogP contribution in [0.25, 0.3) is 0 Å². The first-order valence-corrected chi connectivity index (χ1v) is 8.62. The molecule has 0 aromatic heterocycles. The summed E-state index contributed by atoms with van der Waals surface area (Å²) < 4.78 is 55.0. The summed E-state index contributed by atoms with van der Waals surface area (Å²) in [6, 6.07) is 7.45. The van der Waals surface area contributed by atoms with E-state index >= 15 is 0 Å². The molecule has 0 spiro atoms. The number of amides is 1. The van der Waals surface area contributed by atoms with E-state index in [1.165, 1.54) is 0 Å². The molecule has 0 radical (unpaired) electrons. The Morgan fingerprint density at radius 3 is 2.28 bits per heavy atom. The molecule has 0 saturated heterocycles. The van der Waals surface area contributed by atoms with Crippen molar-refractivity contribution >= 4 is 15.9 Å². The van der Waals surface area contributed by atoms with E-state index in [1.54, 1.807) is 17.0 Å². The van der Waals surface area contributed by atoms with Crippen LogP contribution < -0.4 is 15.0 Å². The van der Waals surface area contributed by atoms with Gasteiger partial charge < -0.3 is 4.74 Å². The predicted molar refractivity (Wildman–Crippen MR) is 86.2 cm³/mol. The van der Waals surface area contributed by atoms with Crippen molar-refractivity contribution in [2.45, 2.75) is 18.7 Å². The lowest BCUT2D eigenvalue weighted by Gasteiger charge is -2.10. The van der Waals surface area contributed by atoms with Crippen molar-refractivity contribution in [1.29, 1.82) is 0 Å². The number of nitrogens with one attached hydrogen (secondary N) is 2. The molecule has 6 nitrogen and oxygen atoms in total. The molecule has 0 aliphatic heterocycles. The predicted octanol–water partition coefficient (Wildman–Crippen LogP) is 1.97. The lowest BCUT2D eigenvalue weighted by Crippen LogP contribution is -2.43. The number of carbonyl (C=O) groups excluding carboxylic acids is 1. The highest BCUT2D eigenvalue weighted by atomic mass is 32.2. The molecule has 1 amide bonds. The van der Waals surface area contributed by atoms with Crippen LogP contribution in [0, 0.1) is 25.5 Å². The fourth-order valence-corrected chi connectivity index (χ4v) is 2.90. The van der Waals surface area contributed by atoms with Crippen molar-refractivity contribution in [1.82, 2.24) is 10.3 Å². The third-order valence-electron chi connectivity index (χ3n) is 3.09. The van der Waals surface area contributed by atoms with Gasteiger partial charge in [-0.3, -0.25) is 10.2 Å². The van der Waals surface area contributed by atoms with Gasteiger partial charge in [0.1, 0.15) is 5.75 Å². The number of ether oxygens (including phenoxy) is 1. The number of carbonyl (C=O) groups is 1. The summed E-state index contributed by atoms with van der Waals surface area (Å²) in [6.45, 7) is 3.31. The second-order valence-corrected chi connectivity index (χ2v) is 7.02. The standard InChI is InChI=1S/C16H16F2N2O4S/c1-10-5-11(2)7-12(6-10)24-9-16(21)19-20-25(22,23)13-3-4-14(17)15(18)8-13/h3-8,20H,9H2,1-2H3,(H,19,21). The van der Waals surface area contributed by atoms with E-state index < -0.39 is 39.1 Å². The van der Waals surface area contributed by atoms with Gasteiger partial charge in [-0.15, -0.1) is 4.83 Å². The molecule has 2 N–H and O–H groups in total. The zero-order valence-electron chi connectivity index (χ0n) is 13.5. The van der Waals surface area contributed by atoms with Crippen LogP contribution in [-0.2, 0) is 14.8 Å². The van der Waals surface area contributed by atoms with Crippen LogP contribution in [0.5, 0.6) is 5.75 Å². The maximum atomic E-state index is 13.1. The summed E-state index contributed by atoms with van der Waals surface area (Å²) in [7, 11) is -4.24. The average Bonchev–Trinajstić information content (AvgIpc) is 2.52. The molecular formula is C16H16F2N2O4S. The Bertz CT molecular complexity index is 881. The van der Waals surface area contributed by atoms with Crippen molar-refractivity contribution in [3.05, 3.63) is 59.2 Å². The van der Waals surface area contributed by atoms with Crippen LogP contribution in [-0.4, -0.2) is 20.9 Å². The van der Waals surface area contributed by atoms with Gasteiger partial charge in [0.05, 0.1) is 4.90 Å². The number of halogens is 2. The summed E-state index contributed by atoms with van der Waals surface area (Å²) in [5, 5.41) is 0. The van der Waals surface area contributed by atoms with Crippen LogP contribution in [0.2, 0.25) is 0 Å². The van der Waals surface area contributed by atoms with Crippen LogP contribution in [0.3, 0.4) is 0 Å². The van der Waals surface area contributed by atoms with Gasteiger partial charge >= 0.3 is 0 Å². The highest BCUT2D eigenvalue weighted by Gasteiger charge is 2.17. The minimum absolute atomic E-state index is 0.427. The molecule has 0 bridgehead atoms. The van der Waals surface area contributed by atoms with Crippen LogP contribution in [0.4, 0.5) is 8.78 Å². The van der Waals surface area contributed by atoms with Gasteiger partial charge in [0.15, 0.2) is 18.2 Å². The number of hydrogen-bond donors (Lipinski definition) is 2. The quantitative estimate of drug-likeness (QED) is 0.762. The largest absolute Gasteiger partial charge is 0.484 e. The number of aryl methyl sites for hydroxylation is 2. The topological polar surface area (TPSA) is 84.5 Å². The fraction of sp³-hybridized carbons (Fsp3) is 0.188. The molecule has 0 atom stereocenters. The minimum atomic E-state index is -4.24. The van der Waals surface area contributed by atoms with E-state index in [1.807, 2.05) is 25.3 Å². The highest BCUT2D eigenvalue weighted by molar-refractivity contribution is 7.89. The normalized spacial score (nSPS) is 11.2. The lowest BCUT2D eigenvalue weighted by atomic mass is 10.1. The van der Waals surface area contributed by atoms with Crippen molar-refractivity contribution in [2.75, 3.05) is 6.61 Å². The van der Waals surface area contributed by atoms with E-state index in [-0.39, 0.29) is 0 Å². The van der Waals surface area contributed by atoms with Crippen LogP contribution in [0.1, 0.15) is 11.1 Å². The van der Waals surface area contributed by atoms with Gasteiger partial charge in [-0.25, -0.2) is 17.2 Å². The first-order chi connectivity index (χ1) is 11.7. The Labute approximate surface area is 143 Å². The smallest absolute Gasteiger partial charge is 0.272 e. The number of hydrazine groups is 1. The molecule has 0 unspecified atom stereocenters. The SMILES string of the molecule is Cc1cc(C)cc(OCC(=O)NNS(=O)(=O)c2ccc(F)c(F)c2)c1. The van der Waals surface area contributed by atoms with Gasteiger partial charge in [0.25, 0.3) is 15.9 Å². The van der Waals surface area contributed by atoms with Gasteiger partial charge in [0, 0.05) is 0 Å². The van der Waals surface area contributed by atoms with E-state index in [2.05, 4.69) is 0 Å². The van der Waals surface area contributed by atoms with E-state index in [0.717, 1.165) is 17.2 Å². The Morgan fingerprint density at radius 2 is 1.68 bits per heavy atom. The van der Waals surface area contributed by atoms with E-state index in [9.17, 15) is 22.0 Å². The maximum Gasteiger partial charge on any atom is 0.272 e. The monoisotopic (exact) mass is 370 g/mol. The minimum Gasteiger partial charge on any atom is -0.484 e. The Balaban J connectivity index is 1.93. The van der Waals surface area contributed by atoms with Crippen molar-refractivity contribution < 1.29 is 26.7 Å². The molecule has 9 heteroatoms. The second-order valence-electron chi connectivity index (χ2n) is 5.34. The van der Waals surface area contributed by atoms with E-state index in [0.29, 0.717) is 17.9 Å². The first kappa shape index (κ1) is 18.8. The van der Waals surface area contributed by atoms with Crippen LogP contribution in [0.15, 0.2) is 41.3 Å². The highest BCUT2D eigenvalue weighted by Crippen LogP contribution is 2.16. The lowest BCUT2D eigenvalue weighted by molar-refractivity contribution is -0.123. The Morgan fingerprint density at radius 1 is 1.04 bits per heavy atom. The maximum absolute atomic E-state index is 13.1. The summed E-state index contributed by atoms with van der Waals surface area (Å²) in [6.07, 6.45) is 0. The summed E-state index contributed by atoms with van der Waals surface area (Å²) >= 11 is 0. The molecule has 0 saturated carbocycles. The first-order valence-electron chi connectivity index (χ1n) is 7.14. The molecule has 0 aliphatic carbocycles. The van der Waals surface area contributed by atoms with E-state index in [4.69, 9.17) is 4.74 Å². The zero-order chi connectivity index (χ0) is 18.6. The Kier molecular flexibility index (Phi) is 5.70. The van der Waals surface area contributed by atoms with Crippen LogP contribution >= 0.6 is 0 Å². The Hall–Kier alpha value is -2.52. The number of sulfonamides is 1. The number of hydrogen-bond acceptors (Lipinski definition) is 4. The summed E-state index contributed by atoms with van der Waals surface area (Å²) in [4.78, 5) is 12.9. The molecule has 134 valence electrons.